The van der Waals surface area contributed by atoms with Gasteiger partial charge in [0, 0.05) is 43.7 Å². The molecule has 0 amide bonds. The Bertz CT molecular complexity index is 913. The van der Waals surface area contributed by atoms with E-state index in [1.165, 1.54) is 31.4 Å². The Labute approximate surface area is 163 Å². The van der Waals surface area contributed by atoms with Crippen molar-refractivity contribution in [2.45, 2.75) is 25.8 Å². The van der Waals surface area contributed by atoms with E-state index in [9.17, 15) is 4.39 Å². The molecule has 0 spiro atoms. The molecule has 6 nitrogen and oxygen atoms in total. The Morgan fingerprint density at radius 1 is 0.964 bits per heavy atom. The van der Waals surface area contributed by atoms with Crippen molar-refractivity contribution < 1.29 is 9.13 Å². The summed E-state index contributed by atoms with van der Waals surface area (Å²) in [5.74, 6) is 2.09. The number of rotatable bonds is 6. The first-order valence-corrected chi connectivity index (χ1v) is 9.47. The van der Waals surface area contributed by atoms with Gasteiger partial charge < -0.3 is 15.0 Å². The van der Waals surface area contributed by atoms with Gasteiger partial charge in [-0.2, -0.15) is 4.98 Å². The summed E-state index contributed by atoms with van der Waals surface area (Å²) in [4.78, 5) is 15.6. The third-order valence-corrected chi connectivity index (χ3v) is 4.63. The molecule has 1 aromatic carbocycles. The Hall–Kier alpha value is -3.22. The van der Waals surface area contributed by atoms with Gasteiger partial charge in [-0.1, -0.05) is 6.07 Å². The van der Waals surface area contributed by atoms with Gasteiger partial charge in [-0.15, -0.1) is 0 Å². The number of hydrogen-bond donors (Lipinski definition) is 1. The molecular weight excluding hydrogens is 357 g/mol. The second-order valence-corrected chi connectivity index (χ2v) is 6.66. The minimum atomic E-state index is -0.307. The predicted octanol–water partition coefficient (Wildman–Crippen LogP) is 4.41. The lowest BCUT2D eigenvalue weighted by Crippen LogP contribution is -2.31. The summed E-state index contributed by atoms with van der Waals surface area (Å²) in [6, 6.07) is 11.5. The van der Waals surface area contributed by atoms with Gasteiger partial charge in [0.05, 0.1) is 0 Å². The average molecular weight is 379 g/mol. The fourth-order valence-corrected chi connectivity index (χ4v) is 3.24. The van der Waals surface area contributed by atoms with E-state index >= 15 is 0 Å². The van der Waals surface area contributed by atoms with Gasteiger partial charge >= 0.3 is 0 Å². The zero-order valence-electron chi connectivity index (χ0n) is 15.5. The Morgan fingerprint density at radius 3 is 2.61 bits per heavy atom. The van der Waals surface area contributed by atoms with Crippen LogP contribution in [0, 0.1) is 5.82 Å². The maximum atomic E-state index is 13.0. The number of piperidine rings is 1. The molecule has 1 aliphatic heterocycles. The maximum Gasteiger partial charge on any atom is 0.226 e. The molecule has 3 aromatic rings. The van der Waals surface area contributed by atoms with Gasteiger partial charge in [0.15, 0.2) is 0 Å². The minimum absolute atomic E-state index is 0.307. The highest BCUT2D eigenvalue weighted by Crippen LogP contribution is 2.23. The van der Waals surface area contributed by atoms with Crippen LogP contribution >= 0.6 is 0 Å². The molecule has 0 unspecified atom stereocenters. The molecule has 1 saturated heterocycles. The number of halogens is 1. The second kappa shape index (κ2) is 8.65. The van der Waals surface area contributed by atoms with Crippen molar-refractivity contribution in [1.29, 1.82) is 0 Å². The van der Waals surface area contributed by atoms with Gasteiger partial charge in [-0.3, -0.25) is 0 Å². The standard InChI is InChI=1S/C21H22FN5O/c22-17-6-8-18(9-7-17)28-19-10-12-24-21(26-19)25-15-16-5-4-11-23-20(16)27-13-2-1-3-14-27/h4-12H,1-3,13-15H2,(H,24,25,26). The summed E-state index contributed by atoms with van der Waals surface area (Å²) >= 11 is 0. The highest BCUT2D eigenvalue weighted by Gasteiger charge is 2.15. The van der Waals surface area contributed by atoms with Crippen molar-refractivity contribution in [1.82, 2.24) is 15.0 Å². The number of aromatic nitrogens is 3. The largest absolute Gasteiger partial charge is 0.439 e. The van der Waals surface area contributed by atoms with Crippen LogP contribution in [0.4, 0.5) is 16.2 Å². The summed E-state index contributed by atoms with van der Waals surface area (Å²) in [6.45, 7) is 2.66. The van der Waals surface area contributed by atoms with Crippen molar-refractivity contribution in [2.24, 2.45) is 0 Å². The molecule has 144 valence electrons. The fraction of sp³-hybridized carbons (Fsp3) is 0.286. The molecule has 2 aromatic heterocycles. The summed E-state index contributed by atoms with van der Waals surface area (Å²) in [5.41, 5.74) is 1.11. The number of benzene rings is 1. The Balaban J connectivity index is 1.43. The van der Waals surface area contributed by atoms with E-state index in [4.69, 9.17) is 4.74 Å². The number of nitrogens with zero attached hydrogens (tertiary/aromatic N) is 4. The molecule has 3 heterocycles. The second-order valence-electron chi connectivity index (χ2n) is 6.66. The van der Waals surface area contributed by atoms with E-state index in [0.29, 0.717) is 24.1 Å². The van der Waals surface area contributed by atoms with Crippen LogP contribution in [-0.4, -0.2) is 28.0 Å². The van der Waals surface area contributed by atoms with Crippen molar-refractivity contribution in [3.05, 3.63) is 66.2 Å². The molecule has 0 aliphatic carbocycles. The van der Waals surface area contributed by atoms with Crippen molar-refractivity contribution in [3.8, 4) is 11.6 Å². The summed E-state index contributed by atoms with van der Waals surface area (Å²) in [6.07, 6.45) is 7.15. The van der Waals surface area contributed by atoms with E-state index in [1.54, 1.807) is 24.4 Å². The summed E-state index contributed by atoms with van der Waals surface area (Å²) in [7, 11) is 0. The quantitative estimate of drug-likeness (QED) is 0.685. The summed E-state index contributed by atoms with van der Waals surface area (Å²) in [5, 5.41) is 3.25. The normalized spacial score (nSPS) is 14.0. The van der Waals surface area contributed by atoms with E-state index in [0.717, 1.165) is 24.5 Å². The zero-order valence-corrected chi connectivity index (χ0v) is 15.5. The van der Waals surface area contributed by atoms with Gasteiger partial charge in [0.1, 0.15) is 17.4 Å². The molecule has 0 radical (unpaired) electrons. The average Bonchev–Trinajstić information content (AvgIpc) is 2.75. The first-order chi connectivity index (χ1) is 13.8. The lowest BCUT2D eigenvalue weighted by Gasteiger charge is -2.29. The lowest BCUT2D eigenvalue weighted by molar-refractivity contribution is 0.460. The van der Waals surface area contributed by atoms with Crippen molar-refractivity contribution in [2.75, 3.05) is 23.3 Å². The topological polar surface area (TPSA) is 63.2 Å². The molecule has 0 atom stereocenters. The van der Waals surface area contributed by atoms with E-state index in [2.05, 4.69) is 31.2 Å². The lowest BCUT2D eigenvalue weighted by atomic mass is 10.1. The highest BCUT2D eigenvalue weighted by atomic mass is 19.1. The van der Waals surface area contributed by atoms with Gasteiger partial charge in [-0.25, -0.2) is 14.4 Å². The van der Waals surface area contributed by atoms with Gasteiger partial charge in [-0.05, 0) is 49.6 Å². The molecular formula is C21H22FN5O. The predicted molar refractivity (Wildman–Crippen MR) is 106 cm³/mol. The number of nitrogens with one attached hydrogen (secondary N) is 1. The van der Waals surface area contributed by atoms with Crippen LogP contribution in [0.3, 0.4) is 0 Å². The monoisotopic (exact) mass is 379 g/mol. The smallest absolute Gasteiger partial charge is 0.226 e. The molecule has 0 saturated carbocycles. The van der Waals surface area contributed by atoms with Crippen LogP contribution in [0.2, 0.25) is 0 Å². The fourth-order valence-electron chi connectivity index (χ4n) is 3.24. The van der Waals surface area contributed by atoms with Gasteiger partial charge in [0.25, 0.3) is 0 Å². The van der Waals surface area contributed by atoms with Crippen LogP contribution in [0.25, 0.3) is 0 Å². The molecule has 1 aliphatic rings. The number of pyridine rings is 1. The molecule has 28 heavy (non-hydrogen) atoms. The molecule has 1 fully saturated rings. The third-order valence-electron chi connectivity index (χ3n) is 4.63. The minimum Gasteiger partial charge on any atom is -0.439 e. The maximum absolute atomic E-state index is 13.0. The van der Waals surface area contributed by atoms with Crippen LogP contribution in [0.1, 0.15) is 24.8 Å². The van der Waals surface area contributed by atoms with E-state index in [1.807, 2.05) is 12.3 Å². The molecule has 0 bridgehead atoms. The molecule has 4 rings (SSSR count). The number of ether oxygens (including phenoxy) is 1. The van der Waals surface area contributed by atoms with Crippen molar-refractivity contribution >= 4 is 11.8 Å². The number of anilines is 2. The van der Waals surface area contributed by atoms with Crippen LogP contribution in [0.5, 0.6) is 11.6 Å². The Morgan fingerprint density at radius 2 is 1.79 bits per heavy atom. The zero-order chi connectivity index (χ0) is 19.2. The summed E-state index contributed by atoms with van der Waals surface area (Å²) < 4.78 is 18.7. The van der Waals surface area contributed by atoms with E-state index in [-0.39, 0.29) is 5.82 Å². The van der Waals surface area contributed by atoms with E-state index < -0.39 is 0 Å². The van der Waals surface area contributed by atoms with Crippen LogP contribution in [-0.2, 0) is 6.54 Å². The molecule has 1 N–H and O–H groups in total. The highest BCUT2D eigenvalue weighted by molar-refractivity contribution is 5.48. The SMILES string of the molecule is Fc1ccc(Oc2ccnc(NCc3cccnc3N3CCCCC3)n2)cc1. The van der Waals surface area contributed by atoms with Crippen molar-refractivity contribution in [3.63, 3.8) is 0 Å². The first-order valence-electron chi connectivity index (χ1n) is 9.47. The molecule has 7 heteroatoms. The van der Waals surface area contributed by atoms with Crippen LogP contribution in [0.15, 0.2) is 54.9 Å². The number of hydrogen-bond acceptors (Lipinski definition) is 6. The van der Waals surface area contributed by atoms with Crippen LogP contribution < -0.4 is 15.0 Å². The third kappa shape index (κ3) is 4.54. The first kappa shape index (κ1) is 18.2. The Kier molecular flexibility index (Phi) is 5.61. The van der Waals surface area contributed by atoms with Gasteiger partial charge in [0.2, 0.25) is 11.8 Å².